The summed E-state index contributed by atoms with van der Waals surface area (Å²) in [6, 6.07) is 0. The Labute approximate surface area is 112 Å². The van der Waals surface area contributed by atoms with E-state index in [1.165, 1.54) is 5.57 Å². The van der Waals surface area contributed by atoms with Crippen LogP contribution in [0.3, 0.4) is 0 Å². The molecule has 5 heteroatoms. The molecule has 0 aliphatic carbocycles. The highest BCUT2D eigenvalue weighted by Crippen LogP contribution is 2.19. The summed E-state index contributed by atoms with van der Waals surface area (Å²) in [4.78, 5) is 3.29. The minimum atomic E-state index is 0.771. The number of H-pyrrole nitrogens is 1. The minimum Gasteiger partial charge on any atom is -0.328 e. The SMILES string of the molecule is CCCc1nn(C)c2c1[nH]c(=S)n2CC=C(C)C. The van der Waals surface area contributed by atoms with Crippen LogP contribution in [0.25, 0.3) is 11.2 Å². The molecule has 18 heavy (non-hydrogen) atoms. The molecule has 0 saturated heterocycles. The summed E-state index contributed by atoms with van der Waals surface area (Å²) in [6.07, 6.45) is 4.25. The zero-order valence-electron chi connectivity index (χ0n) is 11.4. The van der Waals surface area contributed by atoms with E-state index in [1.807, 2.05) is 11.7 Å². The van der Waals surface area contributed by atoms with E-state index in [1.54, 1.807) is 0 Å². The fourth-order valence-corrected chi connectivity index (χ4v) is 2.40. The summed E-state index contributed by atoms with van der Waals surface area (Å²) < 4.78 is 4.79. The van der Waals surface area contributed by atoms with Crippen molar-refractivity contribution >= 4 is 23.4 Å². The van der Waals surface area contributed by atoms with E-state index >= 15 is 0 Å². The summed E-state index contributed by atoms with van der Waals surface area (Å²) in [5.74, 6) is 0. The Kier molecular flexibility index (Phi) is 3.71. The van der Waals surface area contributed by atoms with Gasteiger partial charge in [0, 0.05) is 13.6 Å². The molecule has 4 nitrogen and oxygen atoms in total. The molecule has 2 aromatic heterocycles. The van der Waals surface area contributed by atoms with Crippen LogP contribution in [0.1, 0.15) is 32.9 Å². The molecule has 0 fully saturated rings. The van der Waals surface area contributed by atoms with Crippen LogP contribution in [-0.2, 0) is 20.0 Å². The number of aromatic nitrogens is 4. The first-order valence-electron chi connectivity index (χ1n) is 6.32. The molecule has 1 N–H and O–H groups in total. The Bertz CT molecular complexity index is 638. The number of fused-ring (bicyclic) bond motifs is 1. The molecule has 0 bridgehead atoms. The van der Waals surface area contributed by atoms with Crippen molar-refractivity contribution < 1.29 is 0 Å². The number of rotatable bonds is 4. The standard InChI is InChI=1S/C13H20N4S/c1-5-6-10-11-12(16(4)15-10)17(13(18)14-11)8-7-9(2)3/h7H,5-6,8H2,1-4H3,(H,14,18). The lowest BCUT2D eigenvalue weighted by molar-refractivity contribution is 0.707. The number of nitrogens with one attached hydrogen (secondary N) is 1. The molecule has 2 aromatic rings. The van der Waals surface area contributed by atoms with Gasteiger partial charge in [-0.25, -0.2) is 0 Å². The van der Waals surface area contributed by atoms with Crippen LogP contribution in [0, 0.1) is 4.77 Å². The van der Waals surface area contributed by atoms with Gasteiger partial charge < -0.3 is 4.98 Å². The normalized spacial score (nSPS) is 11.1. The molecule has 0 aliphatic rings. The largest absolute Gasteiger partial charge is 0.328 e. The van der Waals surface area contributed by atoms with Crippen LogP contribution in [0.2, 0.25) is 0 Å². The van der Waals surface area contributed by atoms with Crippen molar-refractivity contribution in [2.24, 2.45) is 7.05 Å². The van der Waals surface area contributed by atoms with Crippen LogP contribution in [0.15, 0.2) is 11.6 Å². The number of aromatic amines is 1. The first-order valence-corrected chi connectivity index (χ1v) is 6.73. The average molecular weight is 264 g/mol. The highest BCUT2D eigenvalue weighted by atomic mass is 32.1. The lowest BCUT2D eigenvalue weighted by Crippen LogP contribution is -2.02. The van der Waals surface area contributed by atoms with Gasteiger partial charge >= 0.3 is 0 Å². The van der Waals surface area contributed by atoms with E-state index in [4.69, 9.17) is 12.2 Å². The summed E-state index contributed by atoms with van der Waals surface area (Å²) in [5, 5.41) is 4.57. The van der Waals surface area contributed by atoms with E-state index in [2.05, 4.69) is 41.5 Å². The average Bonchev–Trinajstić information content (AvgIpc) is 2.76. The van der Waals surface area contributed by atoms with Gasteiger partial charge in [-0.15, -0.1) is 0 Å². The second-order valence-corrected chi connectivity index (χ2v) is 5.23. The van der Waals surface area contributed by atoms with Crippen LogP contribution >= 0.6 is 12.2 Å². The molecule has 0 amide bonds. The number of allylic oxidation sites excluding steroid dienone is 2. The fraction of sp³-hybridized carbons (Fsp3) is 0.538. The second kappa shape index (κ2) is 5.10. The fourth-order valence-electron chi connectivity index (χ4n) is 2.13. The molecular weight excluding hydrogens is 244 g/mol. The maximum atomic E-state index is 5.40. The van der Waals surface area contributed by atoms with Crippen LogP contribution in [0.5, 0.6) is 0 Å². The third-order valence-electron chi connectivity index (χ3n) is 2.99. The lowest BCUT2D eigenvalue weighted by atomic mass is 10.2. The summed E-state index contributed by atoms with van der Waals surface area (Å²) in [7, 11) is 1.98. The Morgan fingerprint density at radius 1 is 1.44 bits per heavy atom. The Balaban J connectivity index is 2.57. The van der Waals surface area contributed by atoms with Gasteiger partial charge in [0.25, 0.3) is 0 Å². The van der Waals surface area contributed by atoms with E-state index in [0.717, 1.165) is 41.0 Å². The molecule has 0 aliphatic heterocycles. The molecule has 0 unspecified atom stereocenters. The van der Waals surface area contributed by atoms with Gasteiger partial charge in [0.2, 0.25) is 0 Å². The molecule has 0 spiro atoms. The van der Waals surface area contributed by atoms with E-state index in [-0.39, 0.29) is 0 Å². The molecular formula is C13H20N4S. The Morgan fingerprint density at radius 3 is 2.78 bits per heavy atom. The maximum Gasteiger partial charge on any atom is 0.179 e. The van der Waals surface area contributed by atoms with Crippen LogP contribution in [0.4, 0.5) is 0 Å². The van der Waals surface area contributed by atoms with Gasteiger partial charge in [-0.1, -0.05) is 25.0 Å². The quantitative estimate of drug-likeness (QED) is 0.679. The van der Waals surface area contributed by atoms with Crippen molar-refractivity contribution in [3.63, 3.8) is 0 Å². The Morgan fingerprint density at radius 2 is 2.17 bits per heavy atom. The highest BCUT2D eigenvalue weighted by Gasteiger charge is 2.13. The van der Waals surface area contributed by atoms with Gasteiger partial charge in [0.1, 0.15) is 5.52 Å². The number of hydrogen-bond acceptors (Lipinski definition) is 2. The summed E-state index contributed by atoms with van der Waals surface area (Å²) in [6.45, 7) is 7.15. The number of imidazole rings is 1. The molecule has 0 atom stereocenters. The molecule has 2 rings (SSSR count). The molecule has 2 heterocycles. The van der Waals surface area contributed by atoms with Crippen molar-refractivity contribution in [3.8, 4) is 0 Å². The highest BCUT2D eigenvalue weighted by molar-refractivity contribution is 7.71. The summed E-state index contributed by atoms with van der Waals surface area (Å²) in [5.41, 5.74) is 4.58. The van der Waals surface area contributed by atoms with Gasteiger partial charge in [-0.3, -0.25) is 9.25 Å². The Hall–Kier alpha value is -1.36. The van der Waals surface area contributed by atoms with E-state index < -0.39 is 0 Å². The lowest BCUT2D eigenvalue weighted by Gasteiger charge is -2.01. The predicted octanol–water partition coefficient (Wildman–Crippen LogP) is 3.35. The van der Waals surface area contributed by atoms with E-state index in [9.17, 15) is 0 Å². The van der Waals surface area contributed by atoms with Crippen LogP contribution in [-0.4, -0.2) is 19.3 Å². The van der Waals surface area contributed by atoms with Crippen molar-refractivity contribution in [1.82, 2.24) is 19.3 Å². The molecule has 0 aromatic carbocycles. The predicted molar refractivity (Wildman–Crippen MR) is 77.3 cm³/mol. The van der Waals surface area contributed by atoms with Crippen molar-refractivity contribution in [2.45, 2.75) is 40.2 Å². The van der Waals surface area contributed by atoms with Crippen molar-refractivity contribution in [1.29, 1.82) is 0 Å². The zero-order valence-corrected chi connectivity index (χ0v) is 12.3. The van der Waals surface area contributed by atoms with E-state index in [0.29, 0.717) is 0 Å². The first kappa shape index (κ1) is 13.1. The van der Waals surface area contributed by atoms with Gasteiger partial charge in [-0.05, 0) is 32.5 Å². The number of hydrogen-bond donors (Lipinski definition) is 1. The number of nitrogens with zero attached hydrogens (tertiary/aromatic N) is 3. The zero-order chi connectivity index (χ0) is 13.3. The maximum absolute atomic E-state index is 5.40. The molecule has 98 valence electrons. The summed E-state index contributed by atoms with van der Waals surface area (Å²) >= 11 is 5.40. The topological polar surface area (TPSA) is 38.5 Å². The first-order chi connectivity index (χ1) is 8.54. The smallest absolute Gasteiger partial charge is 0.179 e. The van der Waals surface area contributed by atoms with Gasteiger partial charge in [0.05, 0.1) is 5.69 Å². The minimum absolute atomic E-state index is 0.771. The third-order valence-corrected chi connectivity index (χ3v) is 3.31. The monoisotopic (exact) mass is 264 g/mol. The van der Waals surface area contributed by atoms with Gasteiger partial charge in [-0.2, -0.15) is 5.10 Å². The van der Waals surface area contributed by atoms with Gasteiger partial charge in [0.15, 0.2) is 10.4 Å². The van der Waals surface area contributed by atoms with Crippen molar-refractivity contribution in [2.75, 3.05) is 0 Å². The van der Waals surface area contributed by atoms with Crippen molar-refractivity contribution in [3.05, 3.63) is 22.1 Å². The number of aryl methyl sites for hydroxylation is 2. The third kappa shape index (κ3) is 2.27. The molecule has 0 saturated carbocycles. The van der Waals surface area contributed by atoms with Crippen LogP contribution < -0.4 is 0 Å². The second-order valence-electron chi connectivity index (χ2n) is 4.84. The molecule has 0 radical (unpaired) electrons.